The lowest BCUT2D eigenvalue weighted by atomic mass is 9.76. The van der Waals surface area contributed by atoms with Crippen molar-refractivity contribution in [2.45, 2.75) is 18.3 Å². The highest BCUT2D eigenvalue weighted by Gasteiger charge is 2.61. The molecule has 3 aromatic carbocycles. The average Bonchev–Trinajstić information content (AvgIpc) is 3.53. The number of aromatic nitrogens is 1. The first-order valence-electron chi connectivity index (χ1n) is 14.2. The molecule has 7 rings (SSSR count). The Morgan fingerprint density at radius 1 is 1.00 bits per heavy atom. The fourth-order valence-electron chi connectivity index (χ4n) is 6.77. The largest absolute Gasteiger partial charge is 0.507 e. The highest BCUT2D eigenvalue weighted by atomic mass is 35.5. The quantitative estimate of drug-likeness (QED) is 0.0607. The number of ether oxygens (including phenoxy) is 1. The monoisotopic (exact) mass is 668 g/mol. The summed E-state index contributed by atoms with van der Waals surface area (Å²) in [5.74, 6) is -7.66. The first kappa shape index (κ1) is 30.4. The molecule has 48 heavy (non-hydrogen) atoms. The van der Waals surface area contributed by atoms with Gasteiger partial charge in [-0.1, -0.05) is 17.7 Å². The number of hydrogen-bond donors (Lipinski definition) is 6. The molecular weight excluding hydrogens is 648 g/mol. The summed E-state index contributed by atoms with van der Waals surface area (Å²) in [4.78, 5) is 82.4. The van der Waals surface area contributed by atoms with Crippen LogP contribution in [0.15, 0.2) is 52.1 Å². The summed E-state index contributed by atoms with van der Waals surface area (Å²) in [5.41, 5.74) is 2.92. The van der Waals surface area contributed by atoms with Crippen LogP contribution in [0.5, 0.6) is 17.2 Å². The van der Waals surface area contributed by atoms with Crippen LogP contribution in [0, 0.1) is 0 Å². The van der Waals surface area contributed by atoms with Crippen LogP contribution in [-0.2, 0) is 16.6 Å². The number of aryl methyl sites for hydroxylation is 1. The van der Waals surface area contributed by atoms with Crippen LogP contribution in [0.25, 0.3) is 10.8 Å². The van der Waals surface area contributed by atoms with Crippen molar-refractivity contribution in [1.82, 2.24) is 10.4 Å². The number of rotatable bonds is 4. The van der Waals surface area contributed by atoms with Crippen molar-refractivity contribution < 1.29 is 44.0 Å². The van der Waals surface area contributed by atoms with Crippen molar-refractivity contribution in [3.05, 3.63) is 102 Å². The minimum absolute atomic E-state index is 0.0616. The smallest absolute Gasteiger partial charge is 0.273 e. The molecule has 240 valence electrons. The minimum atomic E-state index is -2.17. The molecule has 0 aliphatic heterocycles. The minimum Gasteiger partial charge on any atom is -0.507 e. The SMILES string of the molecule is COC1=CC(=O)c2c(O)c3c(c(O)c2C1=O)C(=O)[C@]1(CCc2cc4cc(C=NNC(=O)c5cc(Cl)ccc5N)[nH]c(=O)c4c(O)c21)C3=O. The summed E-state index contributed by atoms with van der Waals surface area (Å²) in [6.45, 7) is 0. The number of H-pyrrole nitrogens is 1. The standard InChI is InChI=1S/C33H21ClN4O10/c1-48-18-9-17(39)20-21(25(18)40)27(42)23-22(26(20)41)29(44)33(30(23)45)5-4-11-6-12-7-14(37-32(47)19(12)28(43)24(11)33)10-36-38-31(46)15-8-13(34)2-3-16(15)35/h2-3,6-10,41-43H,4-5,35H2,1H3,(H,37,47)(H,38,46)/t33-/m0/s1. The number of amides is 1. The van der Waals surface area contributed by atoms with Gasteiger partial charge in [0.15, 0.2) is 23.1 Å². The third-order valence-electron chi connectivity index (χ3n) is 8.89. The first-order chi connectivity index (χ1) is 22.8. The van der Waals surface area contributed by atoms with E-state index in [1.54, 1.807) is 0 Å². The molecule has 0 saturated carbocycles. The normalized spacial score (nSPS) is 18.0. The highest BCUT2D eigenvalue weighted by Crippen LogP contribution is 2.57. The number of aromatic amines is 1. The van der Waals surface area contributed by atoms with E-state index in [0.717, 1.165) is 19.4 Å². The Labute approximate surface area is 273 Å². The number of ketones is 4. The summed E-state index contributed by atoms with van der Waals surface area (Å²) in [6, 6.07) is 7.28. The molecule has 1 amide bonds. The topological polar surface area (TPSA) is 239 Å². The maximum absolute atomic E-state index is 14.1. The molecule has 1 aromatic heterocycles. The summed E-state index contributed by atoms with van der Waals surface area (Å²) in [7, 11) is 1.12. The molecular formula is C33H21ClN4O10. The van der Waals surface area contributed by atoms with Gasteiger partial charge in [-0.2, -0.15) is 5.10 Å². The van der Waals surface area contributed by atoms with E-state index in [1.807, 2.05) is 0 Å². The number of phenols is 3. The van der Waals surface area contributed by atoms with Crippen molar-refractivity contribution in [3.63, 3.8) is 0 Å². The predicted molar refractivity (Wildman–Crippen MR) is 169 cm³/mol. The van der Waals surface area contributed by atoms with Gasteiger partial charge in [-0.25, -0.2) is 5.43 Å². The van der Waals surface area contributed by atoms with Crippen molar-refractivity contribution in [2.75, 3.05) is 12.8 Å². The zero-order valence-electron chi connectivity index (χ0n) is 24.6. The fourth-order valence-corrected chi connectivity index (χ4v) is 6.95. The lowest BCUT2D eigenvalue weighted by molar-refractivity contribution is 0.0790. The van der Waals surface area contributed by atoms with Gasteiger partial charge < -0.3 is 30.8 Å². The third kappa shape index (κ3) is 3.95. The van der Waals surface area contributed by atoms with Crippen LogP contribution < -0.4 is 16.7 Å². The van der Waals surface area contributed by atoms with E-state index in [-0.39, 0.29) is 51.1 Å². The van der Waals surface area contributed by atoms with Crippen LogP contribution in [0.2, 0.25) is 5.02 Å². The number of nitrogens with one attached hydrogen (secondary N) is 2. The number of fused-ring (bicyclic) bond motifs is 5. The average molecular weight is 669 g/mol. The summed E-state index contributed by atoms with van der Waals surface area (Å²) in [5, 5.41) is 37.9. The van der Waals surface area contributed by atoms with Gasteiger partial charge in [0.05, 0.1) is 52.2 Å². The zero-order chi connectivity index (χ0) is 34.4. The highest BCUT2D eigenvalue weighted by molar-refractivity contribution is 6.39. The Hall–Kier alpha value is -6.28. The molecule has 0 radical (unpaired) electrons. The maximum Gasteiger partial charge on any atom is 0.273 e. The van der Waals surface area contributed by atoms with Crippen LogP contribution >= 0.6 is 11.6 Å². The van der Waals surface area contributed by atoms with Gasteiger partial charge in [-0.15, -0.1) is 0 Å². The number of methoxy groups -OCH3 is 1. The Balaban J connectivity index is 1.30. The second-order valence-electron chi connectivity index (χ2n) is 11.4. The number of anilines is 1. The Bertz CT molecular complexity index is 2390. The summed E-state index contributed by atoms with van der Waals surface area (Å²) >= 11 is 5.93. The fraction of sp³-hybridized carbons (Fsp3) is 0.121. The number of benzene rings is 3. The van der Waals surface area contributed by atoms with Gasteiger partial charge in [0, 0.05) is 22.3 Å². The van der Waals surface area contributed by atoms with Gasteiger partial charge in [0.2, 0.25) is 5.78 Å². The molecule has 0 unspecified atom stereocenters. The van der Waals surface area contributed by atoms with Gasteiger partial charge in [0.25, 0.3) is 11.5 Å². The number of allylic oxidation sites excluding steroid dienone is 2. The number of nitrogens with two attached hydrogens (primary N) is 1. The molecule has 1 heterocycles. The second kappa shape index (κ2) is 10.4. The second-order valence-corrected chi connectivity index (χ2v) is 11.8. The number of hydrogen-bond acceptors (Lipinski definition) is 12. The molecule has 4 aromatic rings. The number of halogens is 1. The number of phenolic OH excluding ortho intramolecular Hbond substituents is 3. The lowest BCUT2D eigenvalue weighted by Gasteiger charge is -2.22. The molecule has 14 nitrogen and oxygen atoms in total. The number of Topliss-reactive ketones (excluding diaryl/α,β-unsaturated/α-hetero) is 3. The van der Waals surface area contributed by atoms with E-state index in [9.17, 15) is 44.1 Å². The molecule has 0 bridgehead atoms. The third-order valence-corrected chi connectivity index (χ3v) is 9.13. The Morgan fingerprint density at radius 3 is 2.38 bits per heavy atom. The van der Waals surface area contributed by atoms with E-state index in [4.69, 9.17) is 22.1 Å². The van der Waals surface area contributed by atoms with Crippen molar-refractivity contribution in [2.24, 2.45) is 5.10 Å². The van der Waals surface area contributed by atoms with Crippen LogP contribution in [0.1, 0.15) is 75.0 Å². The summed E-state index contributed by atoms with van der Waals surface area (Å²) < 4.78 is 4.91. The molecule has 1 spiro atoms. The van der Waals surface area contributed by atoms with Crippen LogP contribution in [-0.4, -0.2) is 62.7 Å². The molecule has 3 aliphatic rings. The van der Waals surface area contributed by atoms with Gasteiger partial charge in [-0.05, 0) is 48.1 Å². The van der Waals surface area contributed by atoms with Crippen molar-refractivity contribution in [3.8, 4) is 17.2 Å². The molecule has 3 aliphatic carbocycles. The molecule has 7 N–H and O–H groups in total. The van der Waals surface area contributed by atoms with E-state index >= 15 is 0 Å². The van der Waals surface area contributed by atoms with E-state index in [0.29, 0.717) is 5.56 Å². The number of hydrazone groups is 1. The number of aromatic hydroxyl groups is 3. The van der Waals surface area contributed by atoms with Gasteiger partial charge in [-0.3, -0.25) is 28.8 Å². The molecule has 0 saturated heterocycles. The number of nitrogen functional groups attached to an aromatic ring is 1. The number of pyridine rings is 1. The Kier molecular flexibility index (Phi) is 6.56. The van der Waals surface area contributed by atoms with E-state index < -0.39 is 85.3 Å². The predicted octanol–water partition coefficient (Wildman–Crippen LogP) is 2.82. The van der Waals surface area contributed by atoms with E-state index in [1.165, 1.54) is 30.3 Å². The zero-order valence-corrected chi connectivity index (χ0v) is 25.3. The van der Waals surface area contributed by atoms with Crippen molar-refractivity contribution in [1.29, 1.82) is 0 Å². The number of carbonyl (C=O) groups excluding carboxylic acids is 5. The number of nitrogens with zero attached hydrogens (tertiary/aromatic N) is 1. The Morgan fingerprint density at radius 2 is 1.69 bits per heavy atom. The van der Waals surface area contributed by atoms with E-state index in [2.05, 4.69) is 15.5 Å². The summed E-state index contributed by atoms with van der Waals surface area (Å²) in [6.07, 6.45) is 1.79. The maximum atomic E-state index is 14.1. The lowest BCUT2D eigenvalue weighted by Crippen LogP contribution is -2.36. The van der Waals surface area contributed by atoms with Crippen LogP contribution in [0.3, 0.4) is 0 Å². The first-order valence-corrected chi connectivity index (χ1v) is 14.6. The molecule has 15 heteroatoms. The van der Waals surface area contributed by atoms with Crippen molar-refractivity contribution >= 4 is 63.3 Å². The molecule has 0 fully saturated rings. The van der Waals surface area contributed by atoms with Gasteiger partial charge in [0.1, 0.15) is 22.7 Å². The van der Waals surface area contributed by atoms with Crippen LogP contribution in [0.4, 0.5) is 5.69 Å². The molecule has 1 atom stereocenters. The van der Waals surface area contributed by atoms with Gasteiger partial charge >= 0.3 is 0 Å². The number of carbonyl (C=O) groups is 5.